The molecular formula is C13H16Cl2N2O2. The monoisotopic (exact) mass is 302 g/mol. The molecule has 6 heteroatoms. The number of hydrogen-bond donors (Lipinski definition) is 2. The Balaban J connectivity index is 2.07. The zero-order chi connectivity index (χ0) is 14.0. The van der Waals surface area contributed by atoms with E-state index in [1.165, 1.54) is 12.1 Å². The van der Waals surface area contributed by atoms with Crippen LogP contribution in [-0.4, -0.2) is 24.7 Å². The molecule has 1 saturated heterocycles. The Labute approximate surface area is 122 Å². The van der Waals surface area contributed by atoms with Crippen molar-refractivity contribution in [3.05, 3.63) is 27.7 Å². The van der Waals surface area contributed by atoms with E-state index in [1.807, 2.05) is 6.92 Å². The Morgan fingerprint density at radius 1 is 1.53 bits per heavy atom. The van der Waals surface area contributed by atoms with Crippen molar-refractivity contribution in [2.45, 2.75) is 31.9 Å². The van der Waals surface area contributed by atoms with Gasteiger partial charge in [0, 0.05) is 12.2 Å². The molecule has 104 valence electrons. The largest absolute Gasteiger partial charge is 0.397 e. The molecule has 1 aromatic rings. The first kappa shape index (κ1) is 14.4. The Morgan fingerprint density at radius 3 is 2.84 bits per heavy atom. The molecule has 3 N–H and O–H groups in total. The Kier molecular flexibility index (Phi) is 4.55. The summed E-state index contributed by atoms with van der Waals surface area (Å²) in [5, 5.41) is 3.43. The highest BCUT2D eigenvalue weighted by molar-refractivity contribution is 6.43. The Bertz CT molecular complexity index is 465. The van der Waals surface area contributed by atoms with Crippen molar-refractivity contribution in [1.29, 1.82) is 0 Å². The molecule has 2 atom stereocenters. The minimum Gasteiger partial charge on any atom is -0.397 e. The van der Waals surface area contributed by atoms with Crippen LogP contribution in [0.3, 0.4) is 0 Å². The molecule has 1 aliphatic rings. The molecule has 2 unspecified atom stereocenters. The lowest BCUT2D eigenvalue weighted by Gasteiger charge is -2.20. The second kappa shape index (κ2) is 5.99. The first-order valence-corrected chi connectivity index (χ1v) is 6.91. The van der Waals surface area contributed by atoms with Crippen molar-refractivity contribution in [3.63, 3.8) is 0 Å². The maximum Gasteiger partial charge on any atom is 0.251 e. The van der Waals surface area contributed by atoms with Gasteiger partial charge in [-0.2, -0.15) is 0 Å². The number of anilines is 1. The van der Waals surface area contributed by atoms with Gasteiger partial charge >= 0.3 is 0 Å². The quantitative estimate of drug-likeness (QED) is 0.844. The van der Waals surface area contributed by atoms with E-state index in [4.69, 9.17) is 33.7 Å². The molecule has 2 rings (SSSR count). The summed E-state index contributed by atoms with van der Waals surface area (Å²) in [5.74, 6) is -0.228. The number of carbonyl (C=O) groups is 1. The summed E-state index contributed by atoms with van der Waals surface area (Å²) in [6.07, 6.45) is 2.07. The summed E-state index contributed by atoms with van der Waals surface area (Å²) in [7, 11) is 0. The normalized spacial score (nSPS) is 20.3. The van der Waals surface area contributed by atoms with Crippen molar-refractivity contribution < 1.29 is 9.53 Å². The van der Waals surface area contributed by atoms with Crippen molar-refractivity contribution in [1.82, 2.24) is 5.32 Å². The van der Waals surface area contributed by atoms with Gasteiger partial charge in [-0.1, -0.05) is 23.2 Å². The fourth-order valence-electron chi connectivity index (χ4n) is 2.12. The van der Waals surface area contributed by atoms with E-state index in [1.54, 1.807) is 0 Å². The summed E-state index contributed by atoms with van der Waals surface area (Å²) in [4.78, 5) is 12.1. The van der Waals surface area contributed by atoms with Gasteiger partial charge in [0.05, 0.1) is 27.9 Å². The number of nitrogen functional groups attached to an aromatic ring is 1. The van der Waals surface area contributed by atoms with Gasteiger partial charge in [0.2, 0.25) is 0 Å². The van der Waals surface area contributed by atoms with Gasteiger partial charge in [0.1, 0.15) is 0 Å². The molecule has 0 saturated carbocycles. The second-order valence-corrected chi connectivity index (χ2v) is 5.46. The first-order chi connectivity index (χ1) is 8.99. The van der Waals surface area contributed by atoms with E-state index in [0.717, 1.165) is 19.4 Å². The van der Waals surface area contributed by atoms with Crippen molar-refractivity contribution in [2.24, 2.45) is 0 Å². The number of amides is 1. The van der Waals surface area contributed by atoms with Crippen LogP contribution >= 0.6 is 23.2 Å². The van der Waals surface area contributed by atoms with Gasteiger partial charge in [0.25, 0.3) is 5.91 Å². The molecule has 1 heterocycles. The highest BCUT2D eigenvalue weighted by Crippen LogP contribution is 2.29. The van der Waals surface area contributed by atoms with Gasteiger partial charge in [0.15, 0.2) is 0 Å². The van der Waals surface area contributed by atoms with Crippen LogP contribution in [0.15, 0.2) is 12.1 Å². The molecule has 1 aromatic carbocycles. The predicted octanol–water partition coefficient (Wildman–Crippen LogP) is 2.87. The zero-order valence-electron chi connectivity index (χ0n) is 10.6. The van der Waals surface area contributed by atoms with Gasteiger partial charge in [-0.05, 0) is 31.9 Å². The minimum absolute atomic E-state index is 0.0503. The number of nitrogens with two attached hydrogens (primary N) is 1. The lowest BCUT2D eigenvalue weighted by Crippen LogP contribution is -2.40. The smallest absolute Gasteiger partial charge is 0.251 e. The van der Waals surface area contributed by atoms with E-state index in [9.17, 15) is 4.79 Å². The van der Waals surface area contributed by atoms with Crippen LogP contribution in [0.5, 0.6) is 0 Å². The van der Waals surface area contributed by atoms with E-state index in [-0.39, 0.29) is 28.1 Å². The fourth-order valence-corrected chi connectivity index (χ4v) is 2.46. The molecule has 4 nitrogen and oxygen atoms in total. The van der Waals surface area contributed by atoms with Crippen molar-refractivity contribution in [2.75, 3.05) is 12.3 Å². The fraction of sp³-hybridized carbons (Fsp3) is 0.462. The van der Waals surface area contributed by atoms with Gasteiger partial charge in [-0.15, -0.1) is 0 Å². The predicted molar refractivity (Wildman–Crippen MR) is 76.8 cm³/mol. The van der Waals surface area contributed by atoms with Crippen LogP contribution in [0.1, 0.15) is 30.1 Å². The molecule has 0 aromatic heterocycles. The van der Waals surface area contributed by atoms with Crippen molar-refractivity contribution in [3.8, 4) is 0 Å². The molecule has 0 spiro atoms. The number of rotatable bonds is 3. The topological polar surface area (TPSA) is 64.4 Å². The van der Waals surface area contributed by atoms with Gasteiger partial charge in [-0.3, -0.25) is 4.79 Å². The van der Waals surface area contributed by atoms with Crippen LogP contribution in [0.2, 0.25) is 10.0 Å². The van der Waals surface area contributed by atoms with Gasteiger partial charge < -0.3 is 15.8 Å². The number of carbonyl (C=O) groups excluding carboxylic acids is 1. The number of nitrogens with one attached hydrogen (secondary N) is 1. The Hall–Kier alpha value is -0.970. The maximum absolute atomic E-state index is 12.1. The van der Waals surface area contributed by atoms with Crippen molar-refractivity contribution >= 4 is 34.8 Å². The summed E-state index contributed by atoms with van der Waals surface area (Å²) < 4.78 is 5.53. The molecule has 19 heavy (non-hydrogen) atoms. The molecular weight excluding hydrogens is 287 g/mol. The summed E-state index contributed by atoms with van der Waals surface area (Å²) >= 11 is 11.8. The molecule has 1 aliphatic heterocycles. The average Bonchev–Trinajstić information content (AvgIpc) is 2.89. The maximum atomic E-state index is 12.1. The van der Waals surface area contributed by atoms with E-state index in [0.29, 0.717) is 11.3 Å². The third kappa shape index (κ3) is 3.32. The van der Waals surface area contributed by atoms with Crippen LogP contribution in [-0.2, 0) is 4.74 Å². The zero-order valence-corrected chi connectivity index (χ0v) is 12.1. The Morgan fingerprint density at radius 2 is 2.26 bits per heavy atom. The van der Waals surface area contributed by atoms with E-state index < -0.39 is 0 Å². The lowest BCUT2D eigenvalue weighted by molar-refractivity contribution is 0.0712. The molecule has 1 fully saturated rings. The molecule has 0 aliphatic carbocycles. The number of hydrogen-bond acceptors (Lipinski definition) is 3. The van der Waals surface area contributed by atoms with Gasteiger partial charge in [-0.25, -0.2) is 0 Å². The standard InChI is InChI=1S/C13H16Cl2N2O2/c1-7(11-3-2-4-19-11)17-13(18)8-5-9(14)12(15)10(16)6-8/h5-7,11H,2-4,16H2,1H3,(H,17,18). The first-order valence-electron chi connectivity index (χ1n) is 6.16. The number of halogens is 2. The molecule has 0 bridgehead atoms. The SMILES string of the molecule is CC(NC(=O)c1cc(N)c(Cl)c(Cl)c1)C1CCCO1. The minimum atomic E-state index is -0.228. The van der Waals surface area contributed by atoms with Crippen LogP contribution < -0.4 is 11.1 Å². The highest BCUT2D eigenvalue weighted by atomic mass is 35.5. The average molecular weight is 303 g/mol. The van der Waals surface area contributed by atoms with E-state index in [2.05, 4.69) is 5.32 Å². The van der Waals surface area contributed by atoms with E-state index >= 15 is 0 Å². The number of ether oxygens (including phenoxy) is 1. The summed E-state index contributed by atoms with van der Waals surface area (Å²) in [6.45, 7) is 2.68. The lowest BCUT2D eigenvalue weighted by atomic mass is 10.1. The molecule has 0 radical (unpaired) electrons. The summed E-state index contributed by atoms with van der Waals surface area (Å²) in [6, 6.07) is 2.98. The summed E-state index contributed by atoms with van der Waals surface area (Å²) in [5.41, 5.74) is 6.39. The second-order valence-electron chi connectivity index (χ2n) is 4.67. The highest BCUT2D eigenvalue weighted by Gasteiger charge is 2.24. The van der Waals surface area contributed by atoms with Crippen LogP contribution in [0.25, 0.3) is 0 Å². The molecule has 1 amide bonds. The third-order valence-corrected chi connectivity index (χ3v) is 4.02. The van der Waals surface area contributed by atoms with Crippen LogP contribution in [0, 0.1) is 0 Å². The third-order valence-electron chi connectivity index (χ3n) is 3.20. The van der Waals surface area contributed by atoms with Crippen LogP contribution in [0.4, 0.5) is 5.69 Å². The number of benzene rings is 1.